The SMILES string of the molecule is CC(C)CCN(C)c1ccc(Cl)cc1C=O. The van der Waals surface area contributed by atoms with E-state index in [1.807, 2.05) is 19.2 Å². The Labute approximate surface area is 102 Å². The third kappa shape index (κ3) is 3.53. The van der Waals surface area contributed by atoms with E-state index in [0.29, 0.717) is 16.5 Å². The average molecular weight is 240 g/mol. The maximum Gasteiger partial charge on any atom is 0.152 e. The van der Waals surface area contributed by atoms with Crippen molar-refractivity contribution < 1.29 is 4.79 Å². The Kier molecular flexibility index (Phi) is 4.81. The van der Waals surface area contributed by atoms with E-state index >= 15 is 0 Å². The third-order valence-electron chi connectivity index (χ3n) is 2.57. The fraction of sp³-hybridized carbons (Fsp3) is 0.462. The van der Waals surface area contributed by atoms with E-state index in [1.165, 1.54) is 0 Å². The van der Waals surface area contributed by atoms with Gasteiger partial charge in [-0.25, -0.2) is 0 Å². The summed E-state index contributed by atoms with van der Waals surface area (Å²) in [7, 11) is 2.00. The number of benzene rings is 1. The normalized spacial score (nSPS) is 10.6. The van der Waals surface area contributed by atoms with Crippen LogP contribution in [0.25, 0.3) is 0 Å². The summed E-state index contributed by atoms with van der Waals surface area (Å²) in [6.45, 7) is 5.33. The summed E-state index contributed by atoms with van der Waals surface area (Å²) in [6, 6.07) is 5.41. The molecule has 0 N–H and O–H groups in total. The van der Waals surface area contributed by atoms with Crippen molar-refractivity contribution >= 4 is 23.6 Å². The maximum absolute atomic E-state index is 10.9. The summed E-state index contributed by atoms with van der Waals surface area (Å²) in [6.07, 6.45) is 1.96. The van der Waals surface area contributed by atoms with Gasteiger partial charge in [0.15, 0.2) is 6.29 Å². The third-order valence-corrected chi connectivity index (χ3v) is 2.80. The molecule has 3 heteroatoms. The Morgan fingerprint density at radius 1 is 1.44 bits per heavy atom. The lowest BCUT2D eigenvalue weighted by Crippen LogP contribution is -2.21. The Bertz CT molecular complexity index is 363. The molecule has 0 aromatic heterocycles. The number of carbonyl (C=O) groups excluding carboxylic acids is 1. The van der Waals surface area contributed by atoms with Crippen LogP contribution in [-0.4, -0.2) is 19.9 Å². The van der Waals surface area contributed by atoms with Gasteiger partial charge < -0.3 is 4.90 Å². The first-order chi connectivity index (χ1) is 7.54. The quantitative estimate of drug-likeness (QED) is 0.732. The van der Waals surface area contributed by atoms with Crippen molar-refractivity contribution in [3.8, 4) is 0 Å². The van der Waals surface area contributed by atoms with Gasteiger partial charge in [0.05, 0.1) is 0 Å². The highest BCUT2D eigenvalue weighted by Gasteiger charge is 2.08. The molecule has 0 spiro atoms. The van der Waals surface area contributed by atoms with E-state index in [-0.39, 0.29) is 0 Å². The minimum atomic E-state index is 0.600. The van der Waals surface area contributed by atoms with Crippen molar-refractivity contribution in [3.63, 3.8) is 0 Å². The molecule has 1 aromatic rings. The molecule has 0 radical (unpaired) electrons. The zero-order valence-corrected chi connectivity index (χ0v) is 10.8. The van der Waals surface area contributed by atoms with Gasteiger partial charge in [-0.15, -0.1) is 0 Å². The lowest BCUT2D eigenvalue weighted by atomic mass is 10.1. The fourth-order valence-corrected chi connectivity index (χ4v) is 1.72. The van der Waals surface area contributed by atoms with Crippen molar-refractivity contribution in [1.82, 2.24) is 0 Å². The van der Waals surface area contributed by atoms with Gasteiger partial charge >= 0.3 is 0 Å². The Morgan fingerprint density at radius 3 is 2.69 bits per heavy atom. The van der Waals surface area contributed by atoms with Gasteiger partial charge in [-0.1, -0.05) is 25.4 Å². The second-order valence-corrected chi connectivity index (χ2v) is 4.86. The maximum atomic E-state index is 10.9. The first-order valence-electron chi connectivity index (χ1n) is 5.50. The number of rotatable bonds is 5. The number of nitrogens with zero attached hydrogens (tertiary/aromatic N) is 1. The number of aldehydes is 1. The van der Waals surface area contributed by atoms with Crippen LogP contribution in [0.2, 0.25) is 5.02 Å². The topological polar surface area (TPSA) is 20.3 Å². The predicted molar refractivity (Wildman–Crippen MR) is 69.6 cm³/mol. The fourth-order valence-electron chi connectivity index (χ4n) is 1.54. The van der Waals surface area contributed by atoms with Gasteiger partial charge in [0.2, 0.25) is 0 Å². The molecule has 0 aliphatic heterocycles. The summed E-state index contributed by atoms with van der Waals surface area (Å²) in [5.41, 5.74) is 1.60. The van der Waals surface area contributed by atoms with E-state index in [0.717, 1.165) is 24.9 Å². The Balaban J connectivity index is 2.81. The monoisotopic (exact) mass is 239 g/mol. The molecule has 0 saturated heterocycles. The second-order valence-electron chi connectivity index (χ2n) is 4.43. The highest BCUT2D eigenvalue weighted by molar-refractivity contribution is 6.31. The van der Waals surface area contributed by atoms with E-state index < -0.39 is 0 Å². The number of hydrogen-bond acceptors (Lipinski definition) is 2. The second kappa shape index (κ2) is 5.90. The van der Waals surface area contributed by atoms with Crippen LogP contribution in [0, 0.1) is 5.92 Å². The van der Waals surface area contributed by atoms with E-state index in [9.17, 15) is 4.79 Å². The molecule has 88 valence electrons. The molecule has 0 aliphatic carbocycles. The van der Waals surface area contributed by atoms with Crippen molar-refractivity contribution in [2.45, 2.75) is 20.3 Å². The van der Waals surface area contributed by atoms with Gasteiger partial charge in [0.25, 0.3) is 0 Å². The zero-order valence-electron chi connectivity index (χ0n) is 10.0. The first-order valence-corrected chi connectivity index (χ1v) is 5.88. The van der Waals surface area contributed by atoms with Crippen LogP contribution in [-0.2, 0) is 0 Å². The summed E-state index contributed by atoms with van der Waals surface area (Å²) in [5, 5.41) is 0.600. The molecule has 0 unspecified atom stereocenters. The van der Waals surface area contributed by atoms with Crippen molar-refractivity contribution in [3.05, 3.63) is 28.8 Å². The van der Waals surface area contributed by atoms with Crippen LogP contribution in [0.15, 0.2) is 18.2 Å². The van der Waals surface area contributed by atoms with E-state index in [4.69, 9.17) is 11.6 Å². The van der Waals surface area contributed by atoms with Crippen LogP contribution >= 0.6 is 11.6 Å². The van der Waals surface area contributed by atoms with E-state index in [2.05, 4.69) is 18.7 Å². The number of carbonyl (C=O) groups is 1. The van der Waals surface area contributed by atoms with Crippen molar-refractivity contribution in [2.75, 3.05) is 18.5 Å². The van der Waals surface area contributed by atoms with Crippen LogP contribution in [0.1, 0.15) is 30.6 Å². The highest BCUT2D eigenvalue weighted by Crippen LogP contribution is 2.22. The van der Waals surface area contributed by atoms with Crippen molar-refractivity contribution in [2.24, 2.45) is 5.92 Å². The highest BCUT2D eigenvalue weighted by atomic mass is 35.5. The molecule has 0 fully saturated rings. The molecule has 0 bridgehead atoms. The van der Waals surface area contributed by atoms with Gasteiger partial charge in [0.1, 0.15) is 0 Å². The lowest BCUT2D eigenvalue weighted by Gasteiger charge is -2.22. The minimum Gasteiger partial charge on any atom is -0.374 e. The Morgan fingerprint density at radius 2 is 2.12 bits per heavy atom. The molecule has 1 rings (SSSR count). The molecule has 1 aromatic carbocycles. The molecule has 0 saturated carbocycles. The Hall–Kier alpha value is -1.02. The predicted octanol–water partition coefficient (Wildman–Crippen LogP) is 3.63. The van der Waals surface area contributed by atoms with Gasteiger partial charge in [0, 0.05) is 29.9 Å². The first kappa shape index (κ1) is 13.0. The van der Waals surface area contributed by atoms with Gasteiger partial charge in [-0.2, -0.15) is 0 Å². The van der Waals surface area contributed by atoms with Crippen LogP contribution in [0.4, 0.5) is 5.69 Å². The van der Waals surface area contributed by atoms with E-state index in [1.54, 1.807) is 6.07 Å². The van der Waals surface area contributed by atoms with Crippen molar-refractivity contribution in [1.29, 1.82) is 0 Å². The molecule has 0 aliphatic rings. The summed E-state index contributed by atoms with van der Waals surface area (Å²) >= 11 is 5.85. The smallest absolute Gasteiger partial charge is 0.152 e. The van der Waals surface area contributed by atoms with Gasteiger partial charge in [-0.05, 0) is 30.5 Å². The van der Waals surface area contributed by atoms with Crippen LogP contribution in [0.5, 0.6) is 0 Å². The number of anilines is 1. The molecule has 0 amide bonds. The number of hydrogen-bond donors (Lipinski definition) is 0. The summed E-state index contributed by atoms with van der Waals surface area (Å²) in [5.74, 6) is 0.662. The number of halogens is 1. The zero-order chi connectivity index (χ0) is 12.1. The lowest BCUT2D eigenvalue weighted by molar-refractivity contribution is 0.112. The molecule has 2 nitrogen and oxygen atoms in total. The molecular weight excluding hydrogens is 222 g/mol. The van der Waals surface area contributed by atoms with Gasteiger partial charge in [-0.3, -0.25) is 4.79 Å². The average Bonchev–Trinajstić information content (AvgIpc) is 2.25. The molecule has 16 heavy (non-hydrogen) atoms. The minimum absolute atomic E-state index is 0.600. The molecule has 0 heterocycles. The standard InChI is InChI=1S/C13H18ClNO/c1-10(2)6-7-15(3)13-5-4-12(14)8-11(13)9-16/h4-5,8-10H,6-7H2,1-3H3. The largest absolute Gasteiger partial charge is 0.374 e. The van der Waals surface area contributed by atoms with Crippen LogP contribution in [0.3, 0.4) is 0 Å². The molecule has 0 atom stereocenters. The molecular formula is C13H18ClNO. The summed E-state index contributed by atoms with van der Waals surface area (Å²) < 4.78 is 0. The summed E-state index contributed by atoms with van der Waals surface area (Å²) in [4.78, 5) is 13.0. The van der Waals surface area contributed by atoms with Crippen LogP contribution < -0.4 is 4.90 Å².